The lowest BCUT2D eigenvalue weighted by Gasteiger charge is -2.25. The van der Waals surface area contributed by atoms with Gasteiger partial charge in [-0.2, -0.15) is 0 Å². The van der Waals surface area contributed by atoms with Crippen molar-refractivity contribution < 1.29 is 9.53 Å². The summed E-state index contributed by atoms with van der Waals surface area (Å²) in [5.74, 6) is 0.910. The third-order valence-electron chi connectivity index (χ3n) is 4.41. The Labute approximate surface area is 127 Å². The van der Waals surface area contributed by atoms with Gasteiger partial charge in [-0.15, -0.1) is 0 Å². The summed E-state index contributed by atoms with van der Waals surface area (Å²) in [6.07, 6.45) is 2.89. The second-order valence-electron chi connectivity index (χ2n) is 5.88. The Kier molecular flexibility index (Phi) is 5.23. The van der Waals surface area contributed by atoms with Crippen molar-refractivity contribution in [2.75, 3.05) is 18.4 Å². The number of hydrogen-bond acceptors (Lipinski definition) is 3. The first-order valence-electron chi connectivity index (χ1n) is 7.88. The molecule has 0 saturated carbocycles. The molecule has 2 N–H and O–H groups in total. The van der Waals surface area contributed by atoms with Crippen molar-refractivity contribution in [3.05, 3.63) is 24.3 Å². The first-order chi connectivity index (χ1) is 10.1. The summed E-state index contributed by atoms with van der Waals surface area (Å²) in [5, 5.41) is 6.34. The van der Waals surface area contributed by atoms with Gasteiger partial charge in [-0.25, -0.2) is 0 Å². The van der Waals surface area contributed by atoms with E-state index >= 15 is 0 Å². The third-order valence-corrected chi connectivity index (χ3v) is 4.41. The maximum Gasteiger partial charge on any atom is 0.231 e. The Morgan fingerprint density at radius 3 is 2.90 bits per heavy atom. The molecule has 1 fully saturated rings. The van der Waals surface area contributed by atoms with E-state index in [1.54, 1.807) is 0 Å². The number of nitrogens with one attached hydrogen (secondary N) is 2. The Balaban J connectivity index is 2.05. The van der Waals surface area contributed by atoms with Gasteiger partial charge in [0, 0.05) is 18.3 Å². The summed E-state index contributed by atoms with van der Waals surface area (Å²) < 4.78 is 5.80. The average molecular weight is 290 g/mol. The Hall–Kier alpha value is -1.55. The monoisotopic (exact) mass is 290 g/mol. The highest BCUT2D eigenvalue weighted by Crippen LogP contribution is 2.31. The fourth-order valence-corrected chi connectivity index (χ4v) is 2.63. The lowest BCUT2D eigenvalue weighted by molar-refractivity contribution is -0.124. The van der Waals surface area contributed by atoms with Gasteiger partial charge in [-0.05, 0) is 44.9 Å². The van der Waals surface area contributed by atoms with Gasteiger partial charge in [0.25, 0.3) is 0 Å². The van der Waals surface area contributed by atoms with Crippen LogP contribution in [0.25, 0.3) is 0 Å². The number of carbonyl (C=O) groups excluding carboxylic acids is 1. The zero-order chi connectivity index (χ0) is 15.3. The molecule has 0 spiro atoms. The summed E-state index contributed by atoms with van der Waals surface area (Å²) in [4.78, 5) is 12.6. The van der Waals surface area contributed by atoms with Crippen molar-refractivity contribution >= 4 is 11.6 Å². The van der Waals surface area contributed by atoms with Crippen LogP contribution in [0, 0.1) is 5.41 Å². The molecular weight excluding hydrogens is 264 g/mol. The third kappa shape index (κ3) is 3.76. The molecule has 2 rings (SSSR count). The van der Waals surface area contributed by atoms with E-state index in [9.17, 15) is 4.79 Å². The summed E-state index contributed by atoms with van der Waals surface area (Å²) in [7, 11) is 0. The summed E-state index contributed by atoms with van der Waals surface area (Å²) in [5.41, 5.74) is 0.536. The number of rotatable bonds is 6. The molecule has 0 bridgehead atoms. The minimum absolute atomic E-state index is 0.107. The molecule has 1 heterocycles. The van der Waals surface area contributed by atoms with Crippen LogP contribution in [0.2, 0.25) is 0 Å². The number of anilines is 1. The highest BCUT2D eigenvalue weighted by Gasteiger charge is 2.39. The minimum Gasteiger partial charge on any atom is -0.491 e. The SMILES string of the molecule is CCC(C)Oc1cccc(NC(=O)C2(CC)CCNC2)c1. The number of hydrogen-bond donors (Lipinski definition) is 2. The summed E-state index contributed by atoms with van der Waals surface area (Å²) in [6.45, 7) is 7.89. The van der Waals surface area contributed by atoms with E-state index in [4.69, 9.17) is 4.74 Å². The Morgan fingerprint density at radius 1 is 1.48 bits per heavy atom. The van der Waals surface area contributed by atoms with Gasteiger partial charge < -0.3 is 15.4 Å². The Bertz CT molecular complexity index is 481. The van der Waals surface area contributed by atoms with E-state index in [2.05, 4.69) is 24.5 Å². The maximum absolute atomic E-state index is 12.6. The van der Waals surface area contributed by atoms with Crippen molar-refractivity contribution in [2.45, 2.75) is 46.1 Å². The molecule has 1 saturated heterocycles. The molecule has 2 unspecified atom stereocenters. The predicted molar refractivity (Wildman–Crippen MR) is 85.7 cm³/mol. The highest BCUT2D eigenvalue weighted by atomic mass is 16.5. The largest absolute Gasteiger partial charge is 0.491 e. The summed E-state index contributed by atoms with van der Waals surface area (Å²) >= 11 is 0. The van der Waals surface area contributed by atoms with Crippen molar-refractivity contribution in [1.29, 1.82) is 0 Å². The second-order valence-corrected chi connectivity index (χ2v) is 5.88. The number of carbonyl (C=O) groups is 1. The second kappa shape index (κ2) is 6.94. The zero-order valence-electron chi connectivity index (χ0n) is 13.2. The molecule has 4 nitrogen and oxygen atoms in total. The molecule has 0 aromatic heterocycles. The molecule has 1 aliphatic rings. The van der Waals surface area contributed by atoms with Gasteiger partial charge in [0.05, 0.1) is 11.5 Å². The van der Waals surface area contributed by atoms with Gasteiger partial charge >= 0.3 is 0 Å². The van der Waals surface area contributed by atoms with Crippen LogP contribution >= 0.6 is 0 Å². The lowest BCUT2D eigenvalue weighted by Crippen LogP contribution is -2.37. The van der Waals surface area contributed by atoms with Gasteiger partial charge in [0.15, 0.2) is 0 Å². The fourth-order valence-electron chi connectivity index (χ4n) is 2.63. The molecule has 1 aromatic rings. The topological polar surface area (TPSA) is 50.4 Å². The number of amides is 1. The van der Waals surface area contributed by atoms with E-state index < -0.39 is 0 Å². The van der Waals surface area contributed by atoms with Crippen LogP contribution < -0.4 is 15.4 Å². The van der Waals surface area contributed by atoms with E-state index in [1.165, 1.54) is 0 Å². The van der Waals surface area contributed by atoms with E-state index in [-0.39, 0.29) is 17.4 Å². The average Bonchev–Trinajstić information content (AvgIpc) is 2.97. The predicted octanol–water partition coefficient (Wildman–Crippen LogP) is 3.19. The maximum atomic E-state index is 12.6. The molecule has 2 atom stereocenters. The molecule has 1 aromatic carbocycles. The molecule has 1 aliphatic heterocycles. The van der Waals surface area contributed by atoms with E-state index in [0.717, 1.165) is 43.8 Å². The van der Waals surface area contributed by atoms with Crippen molar-refractivity contribution in [1.82, 2.24) is 5.32 Å². The normalized spacial score (nSPS) is 22.8. The number of benzene rings is 1. The molecule has 116 valence electrons. The fraction of sp³-hybridized carbons (Fsp3) is 0.588. The van der Waals surface area contributed by atoms with Crippen LogP contribution in [-0.2, 0) is 4.79 Å². The molecule has 0 radical (unpaired) electrons. The summed E-state index contributed by atoms with van der Waals surface area (Å²) in [6, 6.07) is 7.65. The highest BCUT2D eigenvalue weighted by molar-refractivity contribution is 5.95. The van der Waals surface area contributed by atoms with Gasteiger partial charge in [0.1, 0.15) is 5.75 Å². The van der Waals surface area contributed by atoms with Crippen LogP contribution in [0.15, 0.2) is 24.3 Å². The standard InChI is InChI=1S/C17H26N2O2/c1-4-13(3)21-15-8-6-7-14(11-15)19-16(20)17(5-2)9-10-18-12-17/h6-8,11,13,18H,4-5,9-10,12H2,1-3H3,(H,19,20). The van der Waals surface area contributed by atoms with E-state index in [1.807, 2.05) is 31.2 Å². The first kappa shape index (κ1) is 15.8. The van der Waals surface area contributed by atoms with Crippen LogP contribution in [0.4, 0.5) is 5.69 Å². The number of ether oxygens (including phenoxy) is 1. The quantitative estimate of drug-likeness (QED) is 0.846. The van der Waals surface area contributed by atoms with Gasteiger partial charge in [-0.1, -0.05) is 19.9 Å². The van der Waals surface area contributed by atoms with Gasteiger partial charge in [-0.3, -0.25) is 4.79 Å². The van der Waals surface area contributed by atoms with Crippen molar-refractivity contribution in [2.24, 2.45) is 5.41 Å². The van der Waals surface area contributed by atoms with Crippen molar-refractivity contribution in [3.63, 3.8) is 0 Å². The molecule has 21 heavy (non-hydrogen) atoms. The smallest absolute Gasteiger partial charge is 0.231 e. The van der Waals surface area contributed by atoms with Crippen LogP contribution in [0.1, 0.15) is 40.0 Å². The molecule has 1 amide bonds. The Morgan fingerprint density at radius 2 is 2.29 bits per heavy atom. The van der Waals surface area contributed by atoms with Crippen LogP contribution in [0.5, 0.6) is 5.75 Å². The molecular formula is C17H26N2O2. The first-order valence-corrected chi connectivity index (χ1v) is 7.88. The van der Waals surface area contributed by atoms with Crippen molar-refractivity contribution in [3.8, 4) is 5.75 Å². The zero-order valence-corrected chi connectivity index (χ0v) is 13.2. The lowest BCUT2D eigenvalue weighted by atomic mass is 9.83. The van der Waals surface area contributed by atoms with E-state index in [0.29, 0.717) is 0 Å². The molecule has 4 heteroatoms. The minimum atomic E-state index is -0.270. The van der Waals surface area contributed by atoms with Crippen LogP contribution in [0.3, 0.4) is 0 Å². The molecule has 0 aliphatic carbocycles. The van der Waals surface area contributed by atoms with Crippen LogP contribution in [-0.4, -0.2) is 25.1 Å². The van der Waals surface area contributed by atoms with Gasteiger partial charge in [0.2, 0.25) is 5.91 Å².